The number of nitrogens with two attached hydrogens (primary N) is 1. The number of amides is 1. The van der Waals surface area contributed by atoms with Crippen molar-refractivity contribution in [1.29, 1.82) is 0 Å². The number of hydrogen-bond donors (Lipinski definition) is 2. The number of hydrogen-bond acceptors (Lipinski definition) is 4. The van der Waals surface area contributed by atoms with Gasteiger partial charge in [-0.25, -0.2) is 13.1 Å². The molecule has 0 aliphatic carbocycles. The molecule has 1 heterocycles. The lowest BCUT2D eigenvalue weighted by Crippen LogP contribution is -2.42. The summed E-state index contributed by atoms with van der Waals surface area (Å²) < 4.78 is 65.7. The predicted octanol–water partition coefficient (Wildman–Crippen LogP) is 1.88. The van der Waals surface area contributed by atoms with Crippen molar-refractivity contribution in [3.63, 3.8) is 0 Å². The van der Waals surface area contributed by atoms with E-state index >= 15 is 0 Å². The molecule has 0 aromatic heterocycles. The van der Waals surface area contributed by atoms with Crippen LogP contribution in [0.5, 0.6) is 0 Å². The maximum atomic E-state index is 13.0. The van der Waals surface area contributed by atoms with Crippen LogP contribution >= 0.6 is 0 Å². The van der Waals surface area contributed by atoms with Crippen LogP contribution < -0.4 is 10.5 Å². The highest BCUT2D eigenvalue weighted by molar-refractivity contribution is 7.89. The molecule has 2 rings (SSSR count). The Morgan fingerprint density at radius 2 is 2.07 bits per heavy atom. The Hall–Kier alpha value is -1.65. The van der Waals surface area contributed by atoms with Gasteiger partial charge in [0.25, 0.3) is 0 Å². The highest BCUT2D eigenvalue weighted by Gasteiger charge is 2.33. The topological polar surface area (TPSA) is 92.5 Å². The fraction of sp³-hybridized carbons (Fsp3) is 0.588. The van der Waals surface area contributed by atoms with Crippen molar-refractivity contribution in [2.24, 2.45) is 11.7 Å². The minimum atomic E-state index is -4.61. The minimum absolute atomic E-state index is 0.0319. The zero-order valence-electron chi connectivity index (χ0n) is 15.1. The van der Waals surface area contributed by atoms with E-state index in [1.54, 1.807) is 0 Å². The van der Waals surface area contributed by atoms with Crippen LogP contribution in [0.3, 0.4) is 0 Å². The van der Waals surface area contributed by atoms with Gasteiger partial charge in [0.15, 0.2) is 0 Å². The summed E-state index contributed by atoms with van der Waals surface area (Å²) in [5, 5.41) is 0. The first-order chi connectivity index (χ1) is 12.5. The number of halogens is 3. The number of nitrogens with one attached hydrogen (secondary N) is 1. The number of rotatable bonds is 7. The van der Waals surface area contributed by atoms with Gasteiger partial charge in [0, 0.05) is 13.1 Å². The fourth-order valence-corrected chi connectivity index (χ4v) is 4.26. The number of piperidine rings is 1. The van der Waals surface area contributed by atoms with Crippen LogP contribution in [0.1, 0.15) is 30.4 Å². The van der Waals surface area contributed by atoms with Crippen molar-refractivity contribution in [3.05, 3.63) is 29.3 Å². The number of benzene rings is 1. The maximum absolute atomic E-state index is 13.0. The van der Waals surface area contributed by atoms with Crippen LogP contribution in [-0.2, 0) is 21.0 Å². The average molecular weight is 407 g/mol. The summed E-state index contributed by atoms with van der Waals surface area (Å²) in [7, 11) is -4.03. The second-order valence-electron chi connectivity index (χ2n) is 6.77. The monoisotopic (exact) mass is 407 g/mol. The lowest BCUT2D eigenvalue weighted by Gasteiger charge is -2.31. The number of alkyl halides is 3. The molecule has 1 fully saturated rings. The van der Waals surface area contributed by atoms with Crippen molar-refractivity contribution < 1.29 is 26.4 Å². The van der Waals surface area contributed by atoms with E-state index in [1.165, 1.54) is 6.92 Å². The van der Waals surface area contributed by atoms with Gasteiger partial charge < -0.3 is 10.6 Å². The van der Waals surface area contributed by atoms with E-state index in [-0.39, 0.29) is 23.9 Å². The molecule has 3 N–H and O–H groups in total. The van der Waals surface area contributed by atoms with Gasteiger partial charge in [-0.3, -0.25) is 4.79 Å². The average Bonchev–Trinajstić information content (AvgIpc) is 2.58. The van der Waals surface area contributed by atoms with Gasteiger partial charge in [-0.1, -0.05) is 6.07 Å². The summed E-state index contributed by atoms with van der Waals surface area (Å²) in [6, 6.07) is 2.96. The second kappa shape index (κ2) is 8.57. The van der Waals surface area contributed by atoms with E-state index in [0.29, 0.717) is 25.6 Å². The molecular formula is C17H24F3N3O3S. The third-order valence-electron chi connectivity index (χ3n) is 4.68. The molecule has 1 aliphatic rings. The molecular weight excluding hydrogens is 383 g/mol. The summed E-state index contributed by atoms with van der Waals surface area (Å²) in [6.45, 7) is 3.31. The van der Waals surface area contributed by atoms with Crippen molar-refractivity contribution in [2.45, 2.75) is 37.3 Å². The highest BCUT2D eigenvalue weighted by atomic mass is 32.2. The van der Waals surface area contributed by atoms with Crippen molar-refractivity contribution in [1.82, 2.24) is 9.62 Å². The van der Waals surface area contributed by atoms with Gasteiger partial charge in [-0.15, -0.1) is 0 Å². The van der Waals surface area contributed by atoms with E-state index in [1.807, 2.05) is 4.90 Å². The third kappa shape index (κ3) is 5.91. The van der Waals surface area contributed by atoms with Crippen LogP contribution in [0.4, 0.5) is 13.2 Å². The summed E-state index contributed by atoms with van der Waals surface area (Å²) in [4.78, 5) is 12.9. The Bertz CT molecular complexity index is 781. The Labute approximate surface area is 157 Å². The molecule has 152 valence electrons. The molecule has 1 atom stereocenters. The molecule has 1 aromatic rings. The Morgan fingerprint density at radius 1 is 1.37 bits per heavy atom. The summed E-state index contributed by atoms with van der Waals surface area (Å²) >= 11 is 0. The minimum Gasteiger partial charge on any atom is -0.369 e. The van der Waals surface area contributed by atoms with E-state index < -0.39 is 26.7 Å². The number of likely N-dealkylation sites (tertiary alicyclic amines) is 1. The normalized spacial score (nSPS) is 19.2. The third-order valence-corrected chi connectivity index (χ3v) is 6.13. The summed E-state index contributed by atoms with van der Waals surface area (Å²) in [6.07, 6.45) is -2.53. The molecule has 6 nitrogen and oxygen atoms in total. The number of primary amides is 1. The largest absolute Gasteiger partial charge is 0.416 e. The summed E-state index contributed by atoms with van der Waals surface area (Å²) in [5.41, 5.74) is 4.33. The Balaban J connectivity index is 1.91. The van der Waals surface area contributed by atoms with Crippen molar-refractivity contribution in [2.75, 3.05) is 26.2 Å². The lowest BCUT2D eigenvalue weighted by atomic mass is 9.97. The molecule has 10 heteroatoms. The molecule has 0 spiro atoms. The zero-order chi connectivity index (χ0) is 20.2. The number of sulfonamides is 1. The van der Waals surface area contributed by atoms with Gasteiger partial charge >= 0.3 is 6.18 Å². The Morgan fingerprint density at radius 3 is 2.70 bits per heavy atom. The second-order valence-corrected chi connectivity index (χ2v) is 8.53. The fourth-order valence-electron chi connectivity index (χ4n) is 3.16. The van der Waals surface area contributed by atoms with Crippen LogP contribution in [0.25, 0.3) is 0 Å². The smallest absolute Gasteiger partial charge is 0.369 e. The van der Waals surface area contributed by atoms with E-state index in [4.69, 9.17) is 5.73 Å². The van der Waals surface area contributed by atoms with Gasteiger partial charge in [0.1, 0.15) is 0 Å². The maximum Gasteiger partial charge on any atom is 0.416 e. The highest BCUT2D eigenvalue weighted by Crippen LogP contribution is 2.33. The Kier molecular flexibility index (Phi) is 6.87. The van der Waals surface area contributed by atoms with Gasteiger partial charge in [-0.05, 0) is 57.0 Å². The number of nitrogens with zero attached hydrogens (tertiary/aromatic N) is 1. The number of carbonyl (C=O) groups is 1. The molecule has 1 unspecified atom stereocenters. The van der Waals surface area contributed by atoms with Crippen LogP contribution in [0.2, 0.25) is 0 Å². The summed E-state index contributed by atoms with van der Waals surface area (Å²) in [5.74, 6) is -0.524. The molecule has 1 aliphatic heterocycles. The van der Waals surface area contributed by atoms with Gasteiger partial charge in [0.05, 0.1) is 16.4 Å². The number of carbonyl (C=O) groups excluding carboxylic acids is 1. The predicted molar refractivity (Wildman–Crippen MR) is 94.3 cm³/mol. The van der Waals surface area contributed by atoms with Crippen LogP contribution in [0, 0.1) is 12.8 Å². The molecule has 1 aromatic carbocycles. The zero-order valence-corrected chi connectivity index (χ0v) is 15.9. The first-order valence-corrected chi connectivity index (χ1v) is 10.2. The molecule has 0 radical (unpaired) electrons. The van der Waals surface area contributed by atoms with E-state index in [0.717, 1.165) is 31.5 Å². The standard InChI is InChI=1S/C17H24F3N3O3S/c1-12-5-6-14(10-15(12)17(18,19)20)27(25,26)22-7-3-9-23-8-2-4-13(11-23)16(21)24/h5-6,10,13,22H,2-4,7-9,11H2,1H3,(H2,21,24). The molecule has 1 saturated heterocycles. The van der Waals surface area contributed by atoms with Crippen LogP contribution in [-0.4, -0.2) is 45.4 Å². The lowest BCUT2D eigenvalue weighted by molar-refractivity contribution is -0.138. The van der Waals surface area contributed by atoms with E-state index in [2.05, 4.69) is 4.72 Å². The quantitative estimate of drug-likeness (QED) is 0.675. The van der Waals surface area contributed by atoms with Crippen molar-refractivity contribution >= 4 is 15.9 Å². The first kappa shape index (κ1) is 21.6. The molecule has 27 heavy (non-hydrogen) atoms. The SMILES string of the molecule is Cc1ccc(S(=O)(=O)NCCCN2CCCC(C(N)=O)C2)cc1C(F)(F)F. The van der Waals surface area contributed by atoms with Crippen molar-refractivity contribution in [3.8, 4) is 0 Å². The van der Waals surface area contributed by atoms with Gasteiger partial charge in [-0.2, -0.15) is 13.2 Å². The number of aryl methyl sites for hydroxylation is 1. The molecule has 1 amide bonds. The van der Waals surface area contributed by atoms with Gasteiger partial charge in [0.2, 0.25) is 15.9 Å². The first-order valence-electron chi connectivity index (χ1n) is 8.70. The van der Waals surface area contributed by atoms with E-state index in [9.17, 15) is 26.4 Å². The molecule has 0 bridgehead atoms. The van der Waals surface area contributed by atoms with Crippen LogP contribution in [0.15, 0.2) is 23.1 Å². The molecule has 0 saturated carbocycles.